The van der Waals surface area contributed by atoms with Gasteiger partial charge in [-0.25, -0.2) is 8.78 Å². The number of hydrogen-bond donors (Lipinski definition) is 2. The van der Waals surface area contributed by atoms with E-state index in [9.17, 15) is 8.78 Å². The van der Waals surface area contributed by atoms with Gasteiger partial charge in [-0.05, 0) is 48.7 Å². The molecule has 2 nitrogen and oxygen atoms in total. The van der Waals surface area contributed by atoms with Crippen molar-refractivity contribution in [3.63, 3.8) is 0 Å². The number of nitrogens with two attached hydrogens (primary N) is 1. The Morgan fingerprint density at radius 3 is 2.55 bits per heavy atom. The Balaban J connectivity index is 2.31. The molecule has 106 valence electrons. The third-order valence-electron chi connectivity index (χ3n) is 3.16. The van der Waals surface area contributed by atoms with Gasteiger partial charge in [0.05, 0.1) is 6.04 Å². The monoisotopic (exact) mass is 340 g/mol. The molecule has 0 aromatic heterocycles. The summed E-state index contributed by atoms with van der Waals surface area (Å²) in [6, 6.07) is 9.10. The number of aryl methyl sites for hydroxylation is 1. The summed E-state index contributed by atoms with van der Waals surface area (Å²) in [6.07, 6.45) is 0.266. The molecule has 3 N–H and O–H groups in total. The van der Waals surface area contributed by atoms with E-state index < -0.39 is 6.04 Å². The lowest BCUT2D eigenvalue weighted by atomic mass is 9.97. The van der Waals surface area contributed by atoms with Gasteiger partial charge in [-0.15, -0.1) is 0 Å². The number of benzene rings is 2. The predicted molar refractivity (Wildman–Crippen MR) is 79.0 cm³/mol. The van der Waals surface area contributed by atoms with Crippen molar-refractivity contribution in [1.82, 2.24) is 5.43 Å². The largest absolute Gasteiger partial charge is 0.271 e. The summed E-state index contributed by atoms with van der Waals surface area (Å²) in [5.74, 6) is 4.82. The molecule has 0 fully saturated rings. The Morgan fingerprint density at radius 2 is 1.90 bits per heavy atom. The van der Waals surface area contributed by atoms with Gasteiger partial charge in [-0.2, -0.15) is 0 Å². The van der Waals surface area contributed by atoms with Gasteiger partial charge in [-0.1, -0.05) is 28.1 Å². The molecule has 0 radical (unpaired) electrons. The first kappa shape index (κ1) is 15.1. The SMILES string of the molecule is Cc1ccc(C(Cc2cc(Br)ccc2F)NN)c(F)c1. The van der Waals surface area contributed by atoms with Gasteiger partial charge >= 0.3 is 0 Å². The van der Waals surface area contributed by atoms with Crippen LogP contribution in [0.2, 0.25) is 0 Å². The minimum Gasteiger partial charge on any atom is -0.271 e. The van der Waals surface area contributed by atoms with Crippen LogP contribution in [-0.4, -0.2) is 0 Å². The lowest BCUT2D eigenvalue weighted by molar-refractivity contribution is 0.498. The van der Waals surface area contributed by atoms with Crippen LogP contribution in [0.3, 0.4) is 0 Å². The molecule has 0 heterocycles. The summed E-state index contributed by atoms with van der Waals surface area (Å²) >= 11 is 3.30. The van der Waals surface area contributed by atoms with Crippen molar-refractivity contribution in [3.8, 4) is 0 Å². The highest BCUT2D eigenvalue weighted by atomic mass is 79.9. The van der Waals surface area contributed by atoms with Crippen LogP contribution in [0.4, 0.5) is 8.78 Å². The quantitative estimate of drug-likeness (QED) is 0.656. The van der Waals surface area contributed by atoms with Crippen LogP contribution in [0.5, 0.6) is 0 Å². The maximum atomic E-state index is 14.0. The second-order valence-corrected chi connectivity index (χ2v) is 5.60. The molecular formula is C15H15BrF2N2. The Kier molecular flexibility index (Phi) is 4.86. The minimum absolute atomic E-state index is 0.266. The van der Waals surface area contributed by atoms with E-state index in [1.54, 1.807) is 24.3 Å². The van der Waals surface area contributed by atoms with Gasteiger partial charge in [0, 0.05) is 10.0 Å². The Labute approximate surface area is 125 Å². The molecule has 1 atom stereocenters. The molecule has 0 aliphatic carbocycles. The highest BCUT2D eigenvalue weighted by molar-refractivity contribution is 9.10. The molecule has 0 aliphatic heterocycles. The molecule has 0 spiro atoms. The van der Waals surface area contributed by atoms with E-state index in [0.717, 1.165) is 10.0 Å². The summed E-state index contributed by atoms with van der Waals surface area (Å²) < 4.78 is 28.5. The van der Waals surface area contributed by atoms with Crippen molar-refractivity contribution in [2.45, 2.75) is 19.4 Å². The van der Waals surface area contributed by atoms with Gasteiger partial charge in [0.2, 0.25) is 0 Å². The molecule has 0 bridgehead atoms. The van der Waals surface area contributed by atoms with E-state index in [1.807, 2.05) is 6.92 Å². The van der Waals surface area contributed by atoms with Gasteiger partial charge in [0.1, 0.15) is 11.6 Å². The smallest absolute Gasteiger partial charge is 0.128 e. The summed E-state index contributed by atoms with van der Waals surface area (Å²) in [7, 11) is 0. The molecule has 2 aromatic carbocycles. The summed E-state index contributed by atoms with van der Waals surface area (Å²) in [5, 5.41) is 0. The standard InChI is InChI=1S/C15H15BrF2N2/c1-9-2-4-12(14(18)6-9)15(20-19)8-10-7-11(16)3-5-13(10)17/h2-7,15,20H,8,19H2,1H3. The van der Waals surface area contributed by atoms with Crippen molar-refractivity contribution in [1.29, 1.82) is 0 Å². The Morgan fingerprint density at radius 1 is 1.15 bits per heavy atom. The van der Waals surface area contributed by atoms with Gasteiger partial charge in [0.25, 0.3) is 0 Å². The fourth-order valence-electron chi connectivity index (χ4n) is 2.09. The highest BCUT2D eigenvalue weighted by Gasteiger charge is 2.17. The lowest BCUT2D eigenvalue weighted by Crippen LogP contribution is -2.30. The zero-order chi connectivity index (χ0) is 14.7. The van der Waals surface area contributed by atoms with E-state index in [-0.39, 0.29) is 18.1 Å². The molecular weight excluding hydrogens is 326 g/mol. The molecule has 20 heavy (non-hydrogen) atoms. The number of hydrazine groups is 1. The second-order valence-electron chi connectivity index (χ2n) is 4.68. The van der Waals surface area contributed by atoms with E-state index in [1.165, 1.54) is 12.1 Å². The van der Waals surface area contributed by atoms with Crippen molar-refractivity contribution in [2.24, 2.45) is 5.84 Å². The first-order chi connectivity index (χ1) is 9.51. The third kappa shape index (κ3) is 3.42. The molecule has 0 saturated heterocycles. The van der Waals surface area contributed by atoms with Crippen LogP contribution >= 0.6 is 15.9 Å². The average molecular weight is 341 g/mol. The number of halogens is 3. The van der Waals surface area contributed by atoms with Gasteiger partial charge in [-0.3, -0.25) is 11.3 Å². The van der Waals surface area contributed by atoms with Gasteiger partial charge in [0.15, 0.2) is 0 Å². The molecule has 2 rings (SSSR count). The fraction of sp³-hybridized carbons (Fsp3) is 0.200. The van der Waals surface area contributed by atoms with Crippen LogP contribution < -0.4 is 11.3 Å². The van der Waals surface area contributed by atoms with Crippen LogP contribution in [0.1, 0.15) is 22.7 Å². The Hall–Kier alpha value is -1.30. The zero-order valence-electron chi connectivity index (χ0n) is 11.0. The number of rotatable bonds is 4. The topological polar surface area (TPSA) is 38.0 Å². The summed E-state index contributed by atoms with van der Waals surface area (Å²) in [6.45, 7) is 1.81. The van der Waals surface area contributed by atoms with Crippen LogP contribution in [-0.2, 0) is 6.42 Å². The second kappa shape index (κ2) is 6.43. The highest BCUT2D eigenvalue weighted by Crippen LogP contribution is 2.24. The predicted octanol–water partition coefficient (Wildman–Crippen LogP) is 3.78. The first-order valence-electron chi connectivity index (χ1n) is 6.17. The van der Waals surface area contributed by atoms with Crippen molar-refractivity contribution in [2.75, 3.05) is 0 Å². The fourth-order valence-corrected chi connectivity index (χ4v) is 2.50. The number of nitrogens with one attached hydrogen (secondary N) is 1. The third-order valence-corrected chi connectivity index (χ3v) is 3.66. The van der Waals surface area contributed by atoms with Crippen molar-refractivity contribution < 1.29 is 8.78 Å². The van der Waals surface area contributed by atoms with E-state index in [2.05, 4.69) is 21.4 Å². The maximum absolute atomic E-state index is 14.0. The minimum atomic E-state index is -0.487. The van der Waals surface area contributed by atoms with E-state index in [4.69, 9.17) is 5.84 Å². The molecule has 1 unspecified atom stereocenters. The normalized spacial score (nSPS) is 12.4. The van der Waals surface area contributed by atoms with E-state index >= 15 is 0 Å². The summed E-state index contributed by atoms with van der Waals surface area (Å²) in [5.41, 5.74) is 4.28. The molecule has 5 heteroatoms. The Bertz CT molecular complexity index is 617. The van der Waals surface area contributed by atoms with Crippen molar-refractivity contribution in [3.05, 3.63) is 69.2 Å². The van der Waals surface area contributed by atoms with Crippen molar-refractivity contribution >= 4 is 15.9 Å². The van der Waals surface area contributed by atoms with Crippen LogP contribution in [0, 0.1) is 18.6 Å². The zero-order valence-corrected chi connectivity index (χ0v) is 12.5. The molecule has 0 saturated carbocycles. The van der Waals surface area contributed by atoms with Crippen LogP contribution in [0.25, 0.3) is 0 Å². The molecule has 2 aromatic rings. The maximum Gasteiger partial charge on any atom is 0.128 e. The van der Waals surface area contributed by atoms with E-state index in [0.29, 0.717) is 11.1 Å². The summed E-state index contributed by atoms with van der Waals surface area (Å²) in [4.78, 5) is 0. The lowest BCUT2D eigenvalue weighted by Gasteiger charge is -2.18. The first-order valence-corrected chi connectivity index (χ1v) is 6.96. The number of hydrogen-bond acceptors (Lipinski definition) is 2. The molecule has 0 amide bonds. The molecule has 0 aliphatic rings. The average Bonchev–Trinajstić information content (AvgIpc) is 2.40. The van der Waals surface area contributed by atoms with Crippen LogP contribution in [0.15, 0.2) is 40.9 Å². The van der Waals surface area contributed by atoms with Gasteiger partial charge < -0.3 is 0 Å².